The zero-order valence-corrected chi connectivity index (χ0v) is 13.2. The van der Waals surface area contributed by atoms with Crippen LogP contribution in [0.2, 0.25) is 0 Å². The van der Waals surface area contributed by atoms with Crippen molar-refractivity contribution in [2.75, 3.05) is 19.0 Å². The number of benzene rings is 2. The summed E-state index contributed by atoms with van der Waals surface area (Å²) in [5.41, 5.74) is -0.543. The summed E-state index contributed by atoms with van der Waals surface area (Å²) >= 11 is 0. The van der Waals surface area contributed by atoms with Gasteiger partial charge in [0.2, 0.25) is 5.91 Å². The molecule has 2 aromatic carbocycles. The Balaban J connectivity index is 1.91. The molecule has 0 atom stereocenters. The molecule has 2 aromatic rings. The molecule has 2 N–H and O–H groups in total. The zero-order chi connectivity index (χ0) is 18.4. The van der Waals surface area contributed by atoms with E-state index in [2.05, 4.69) is 10.6 Å². The third-order valence-electron chi connectivity index (χ3n) is 3.24. The fraction of sp³-hybridized carbons (Fsp3) is 0.176. The molecule has 0 aromatic heterocycles. The summed E-state index contributed by atoms with van der Waals surface area (Å²) in [6.07, 6.45) is -4.50. The Labute approximate surface area is 141 Å². The molecule has 0 spiro atoms. The molecule has 0 fully saturated rings. The van der Waals surface area contributed by atoms with Crippen LogP contribution >= 0.6 is 0 Å². The predicted octanol–water partition coefficient (Wildman–Crippen LogP) is 3.08. The summed E-state index contributed by atoms with van der Waals surface area (Å²) in [4.78, 5) is 23.7. The van der Waals surface area contributed by atoms with Gasteiger partial charge < -0.3 is 15.4 Å². The molecule has 0 radical (unpaired) electrons. The van der Waals surface area contributed by atoms with Gasteiger partial charge in [-0.05, 0) is 42.5 Å². The number of rotatable bonds is 5. The first-order valence-electron chi connectivity index (χ1n) is 7.19. The fourth-order valence-corrected chi connectivity index (χ4v) is 1.98. The van der Waals surface area contributed by atoms with Gasteiger partial charge in [-0.3, -0.25) is 9.59 Å². The second kappa shape index (κ2) is 7.69. The van der Waals surface area contributed by atoms with E-state index in [1.807, 2.05) is 0 Å². The number of hydrogen-bond donors (Lipinski definition) is 2. The van der Waals surface area contributed by atoms with Gasteiger partial charge in [0, 0.05) is 11.3 Å². The molecule has 5 nitrogen and oxygen atoms in total. The zero-order valence-electron chi connectivity index (χ0n) is 13.2. The smallest absolute Gasteiger partial charge is 0.416 e. The van der Waals surface area contributed by atoms with Crippen molar-refractivity contribution in [2.24, 2.45) is 0 Å². The highest BCUT2D eigenvalue weighted by Crippen LogP contribution is 2.30. The van der Waals surface area contributed by atoms with Gasteiger partial charge in [0.25, 0.3) is 5.91 Å². The standard InChI is InChI=1S/C17H15F3N2O3/c1-25-14-7-5-11(6-8-14)16(24)21-10-15(23)22-13-4-2-3-12(9-13)17(18,19)20/h2-9H,10H2,1H3,(H,21,24)(H,22,23). The number of nitrogens with one attached hydrogen (secondary N) is 2. The lowest BCUT2D eigenvalue weighted by atomic mass is 10.2. The Morgan fingerprint density at radius 2 is 1.76 bits per heavy atom. The first-order valence-corrected chi connectivity index (χ1v) is 7.19. The number of anilines is 1. The Bertz CT molecular complexity index is 758. The number of ether oxygens (including phenoxy) is 1. The number of methoxy groups -OCH3 is 1. The third kappa shape index (κ3) is 5.23. The molecule has 0 aliphatic rings. The summed E-state index contributed by atoms with van der Waals surface area (Å²) in [7, 11) is 1.49. The van der Waals surface area contributed by atoms with Crippen LogP contribution in [-0.4, -0.2) is 25.5 Å². The van der Waals surface area contributed by atoms with Gasteiger partial charge in [-0.2, -0.15) is 13.2 Å². The van der Waals surface area contributed by atoms with E-state index in [1.165, 1.54) is 31.4 Å². The van der Waals surface area contributed by atoms with Crippen LogP contribution in [0.15, 0.2) is 48.5 Å². The Morgan fingerprint density at radius 1 is 1.08 bits per heavy atom. The first kappa shape index (κ1) is 18.3. The molecule has 0 heterocycles. The lowest BCUT2D eigenvalue weighted by molar-refractivity contribution is -0.137. The van der Waals surface area contributed by atoms with Crippen LogP contribution in [0.4, 0.5) is 18.9 Å². The van der Waals surface area contributed by atoms with E-state index in [9.17, 15) is 22.8 Å². The molecule has 25 heavy (non-hydrogen) atoms. The summed E-state index contributed by atoms with van der Waals surface area (Å²) in [5, 5.41) is 4.69. The van der Waals surface area contributed by atoms with E-state index in [0.717, 1.165) is 12.1 Å². The SMILES string of the molecule is COc1ccc(C(=O)NCC(=O)Nc2cccc(C(F)(F)F)c2)cc1. The average molecular weight is 352 g/mol. The van der Waals surface area contributed by atoms with Crippen molar-refractivity contribution < 1.29 is 27.5 Å². The van der Waals surface area contributed by atoms with Gasteiger partial charge in [0.15, 0.2) is 0 Å². The minimum atomic E-state index is -4.50. The molecule has 0 unspecified atom stereocenters. The van der Waals surface area contributed by atoms with E-state index in [4.69, 9.17) is 4.74 Å². The first-order chi connectivity index (χ1) is 11.8. The van der Waals surface area contributed by atoms with Gasteiger partial charge in [-0.1, -0.05) is 6.07 Å². The lowest BCUT2D eigenvalue weighted by Crippen LogP contribution is -2.32. The van der Waals surface area contributed by atoms with Crippen LogP contribution in [0.25, 0.3) is 0 Å². The monoisotopic (exact) mass is 352 g/mol. The van der Waals surface area contributed by atoms with Gasteiger partial charge >= 0.3 is 6.18 Å². The van der Waals surface area contributed by atoms with Gasteiger partial charge in [0.05, 0.1) is 19.2 Å². The molecular weight excluding hydrogens is 337 g/mol. The number of carbonyl (C=O) groups is 2. The van der Waals surface area contributed by atoms with E-state index >= 15 is 0 Å². The highest BCUT2D eigenvalue weighted by molar-refractivity contribution is 5.99. The molecule has 2 rings (SSSR count). The molecule has 0 saturated carbocycles. The highest BCUT2D eigenvalue weighted by atomic mass is 19.4. The summed E-state index contributed by atoms with van der Waals surface area (Å²) < 4.78 is 42.8. The van der Waals surface area contributed by atoms with E-state index in [0.29, 0.717) is 11.3 Å². The maximum atomic E-state index is 12.6. The number of amides is 2. The van der Waals surface area contributed by atoms with Crippen molar-refractivity contribution in [1.82, 2.24) is 5.32 Å². The second-order valence-electron chi connectivity index (χ2n) is 5.04. The number of halogens is 3. The Hall–Kier alpha value is -3.03. The van der Waals surface area contributed by atoms with Gasteiger partial charge in [-0.25, -0.2) is 0 Å². The molecule has 8 heteroatoms. The highest BCUT2D eigenvalue weighted by Gasteiger charge is 2.30. The topological polar surface area (TPSA) is 67.4 Å². The average Bonchev–Trinajstić information content (AvgIpc) is 2.59. The minimum Gasteiger partial charge on any atom is -0.497 e. The van der Waals surface area contributed by atoms with Crippen molar-refractivity contribution >= 4 is 17.5 Å². The maximum absolute atomic E-state index is 12.6. The van der Waals surface area contributed by atoms with Crippen molar-refractivity contribution in [3.05, 3.63) is 59.7 Å². The van der Waals surface area contributed by atoms with E-state index in [1.54, 1.807) is 12.1 Å². The summed E-state index contributed by atoms with van der Waals surface area (Å²) in [6, 6.07) is 10.5. The second-order valence-corrected chi connectivity index (χ2v) is 5.04. The largest absolute Gasteiger partial charge is 0.497 e. The summed E-state index contributed by atoms with van der Waals surface area (Å²) in [5.74, 6) is -0.540. The van der Waals surface area contributed by atoms with Crippen LogP contribution in [0.3, 0.4) is 0 Å². The molecule has 0 bridgehead atoms. The van der Waals surface area contributed by atoms with Gasteiger partial charge in [-0.15, -0.1) is 0 Å². The molecular formula is C17H15F3N2O3. The van der Waals surface area contributed by atoms with Crippen molar-refractivity contribution in [1.29, 1.82) is 0 Å². The maximum Gasteiger partial charge on any atom is 0.416 e. The Morgan fingerprint density at radius 3 is 2.36 bits per heavy atom. The van der Waals surface area contributed by atoms with Crippen molar-refractivity contribution in [3.8, 4) is 5.75 Å². The molecule has 132 valence electrons. The third-order valence-corrected chi connectivity index (χ3v) is 3.24. The molecule has 0 aliphatic heterocycles. The van der Waals surface area contributed by atoms with Crippen LogP contribution in [-0.2, 0) is 11.0 Å². The normalized spacial score (nSPS) is 10.9. The van der Waals surface area contributed by atoms with Crippen LogP contribution in [0.1, 0.15) is 15.9 Å². The summed E-state index contributed by atoms with van der Waals surface area (Å²) in [6.45, 7) is -0.374. The van der Waals surface area contributed by atoms with E-state index in [-0.39, 0.29) is 12.2 Å². The number of alkyl halides is 3. The molecule has 0 aliphatic carbocycles. The number of hydrogen-bond acceptors (Lipinski definition) is 3. The lowest BCUT2D eigenvalue weighted by Gasteiger charge is -2.10. The van der Waals surface area contributed by atoms with Crippen LogP contribution < -0.4 is 15.4 Å². The van der Waals surface area contributed by atoms with Crippen molar-refractivity contribution in [2.45, 2.75) is 6.18 Å². The molecule has 2 amide bonds. The quantitative estimate of drug-likeness (QED) is 0.869. The molecule has 0 saturated heterocycles. The van der Waals surface area contributed by atoms with Crippen molar-refractivity contribution in [3.63, 3.8) is 0 Å². The predicted molar refractivity (Wildman–Crippen MR) is 85.4 cm³/mol. The fourth-order valence-electron chi connectivity index (χ4n) is 1.98. The Kier molecular flexibility index (Phi) is 5.63. The van der Waals surface area contributed by atoms with E-state index < -0.39 is 23.6 Å². The van der Waals surface area contributed by atoms with Crippen LogP contribution in [0, 0.1) is 0 Å². The number of carbonyl (C=O) groups excluding carboxylic acids is 2. The van der Waals surface area contributed by atoms with Crippen LogP contribution in [0.5, 0.6) is 5.75 Å². The van der Waals surface area contributed by atoms with Gasteiger partial charge in [0.1, 0.15) is 5.75 Å². The minimum absolute atomic E-state index is 0.00137.